The zero-order valence-corrected chi connectivity index (χ0v) is 9.55. The Morgan fingerprint density at radius 3 is 2.74 bits per heavy atom. The minimum atomic E-state index is -4.53. The van der Waals surface area contributed by atoms with Gasteiger partial charge in [0, 0.05) is 12.2 Å². The van der Waals surface area contributed by atoms with E-state index in [4.69, 9.17) is 5.11 Å². The van der Waals surface area contributed by atoms with Gasteiger partial charge in [0.25, 0.3) is 0 Å². The van der Waals surface area contributed by atoms with Gasteiger partial charge in [0.05, 0.1) is 5.92 Å². The van der Waals surface area contributed by atoms with Crippen LogP contribution < -0.4 is 5.32 Å². The lowest BCUT2D eigenvalue weighted by atomic mass is 10.1. The molecule has 0 fully saturated rings. The Morgan fingerprint density at radius 1 is 1.42 bits per heavy atom. The number of carbonyl (C=O) groups is 1. The van der Waals surface area contributed by atoms with E-state index in [1.54, 1.807) is 6.08 Å². The Labute approximate surface area is 106 Å². The van der Waals surface area contributed by atoms with Crippen molar-refractivity contribution in [3.8, 4) is 0 Å². The van der Waals surface area contributed by atoms with Gasteiger partial charge in [-0.05, 0) is 12.5 Å². The Balaban J connectivity index is 2.05. The maximum absolute atomic E-state index is 12.4. The first-order valence-electron chi connectivity index (χ1n) is 5.44. The van der Waals surface area contributed by atoms with Crippen molar-refractivity contribution in [1.29, 1.82) is 0 Å². The van der Waals surface area contributed by atoms with E-state index in [0.29, 0.717) is 0 Å². The van der Waals surface area contributed by atoms with E-state index in [-0.39, 0.29) is 18.4 Å². The minimum absolute atomic E-state index is 0.171. The molecule has 0 aromatic carbocycles. The fraction of sp³-hybridized carbons (Fsp3) is 0.364. The molecule has 0 saturated carbocycles. The molecule has 0 aliphatic heterocycles. The van der Waals surface area contributed by atoms with Crippen LogP contribution in [0.3, 0.4) is 0 Å². The van der Waals surface area contributed by atoms with Crippen molar-refractivity contribution in [2.24, 2.45) is 5.92 Å². The molecule has 0 radical (unpaired) electrons. The highest BCUT2D eigenvalue weighted by molar-refractivity contribution is 5.73. The number of aliphatic carboxylic acids is 1. The zero-order chi connectivity index (χ0) is 14.0. The lowest BCUT2D eigenvalue weighted by molar-refractivity contribution is -0.141. The zero-order valence-electron chi connectivity index (χ0n) is 9.55. The van der Waals surface area contributed by atoms with E-state index in [0.717, 1.165) is 12.3 Å². The Kier molecular flexibility index (Phi) is 3.41. The summed E-state index contributed by atoms with van der Waals surface area (Å²) < 4.78 is 37.3. The summed E-state index contributed by atoms with van der Waals surface area (Å²) in [7, 11) is 0. The largest absolute Gasteiger partial charge is 0.481 e. The summed E-state index contributed by atoms with van der Waals surface area (Å²) in [6, 6.07) is 0.389. The van der Waals surface area contributed by atoms with Crippen molar-refractivity contribution in [1.82, 2.24) is 9.97 Å². The Hall–Kier alpha value is -2.12. The third-order valence-electron chi connectivity index (χ3n) is 2.66. The van der Waals surface area contributed by atoms with Crippen LogP contribution in [0.15, 0.2) is 24.4 Å². The van der Waals surface area contributed by atoms with Gasteiger partial charge in [-0.3, -0.25) is 4.79 Å². The average molecular weight is 273 g/mol. The SMILES string of the molecule is O=C(O)C1C=CC(Nc2nccc(C(F)(F)F)n2)C1. The van der Waals surface area contributed by atoms with E-state index >= 15 is 0 Å². The molecule has 2 atom stereocenters. The lowest BCUT2D eigenvalue weighted by Gasteiger charge is -2.13. The van der Waals surface area contributed by atoms with E-state index in [2.05, 4.69) is 15.3 Å². The summed E-state index contributed by atoms with van der Waals surface area (Å²) in [5.74, 6) is -1.77. The molecule has 1 heterocycles. The highest BCUT2D eigenvalue weighted by Crippen LogP contribution is 2.28. The second kappa shape index (κ2) is 4.87. The van der Waals surface area contributed by atoms with Crippen LogP contribution in [0.2, 0.25) is 0 Å². The van der Waals surface area contributed by atoms with Crippen molar-refractivity contribution < 1.29 is 23.1 Å². The van der Waals surface area contributed by atoms with E-state index in [1.807, 2.05) is 0 Å². The number of aromatic nitrogens is 2. The molecule has 2 rings (SSSR count). The van der Waals surface area contributed by atoms with Crippen LogP contribution in [0.4, 0.5) is 19.1 Å². The van der Waals surface area contributed by atoms with Crippen LogP contribution in [-0.2, 0) is 11.0 Å². The predicted octanol–water partition coefficient (Wildman–Crippen LogP) is 1.94. The number of anilines is 1. The van der Waals surface area contributed by atoms with E-state index in [9.17, 15) is 18.0 Å². The number of carboxylic acid groups (broad SMARTS) is 1. The van der Waals surface area contributed by atoms with Crippen LogP contribution >= 0.6 is 0 Å². The molecule has 1 aliphatic rings. The van der Waals surface area contributed by atoms with Gasteiger partial charge in [-0.25, -0.2) is 9.97 Å². The van der Waals surface area contributed by atoms with Crippen LogP contribution in [0.5, 0.6) is 0 Å². The number of carboxylic acids is 1. The highest BCUT2D eigenvalue weighted by atomic mass is 19.4. The second-order valence-electron chi connectivity index (χ2n) is 4.08. The molecule has 5 nitrogen and oxygen atoms in total. The molecule has 0 saturated heterocycles. The Morgan fingerprint density at radius 2 is 2.16 bits per heavy atom. The molecular formula is C11H10F3N3O2. The molecule has 19 heavy (non-hydrogen) atoms. The van der Waals surface area contributed by atoms with Crippen molar-refractivity contribution in [2.75, 3.05) is 5.32 Å². The number of nitrogens with one attached hydrogen (secondary N) is 1. The molecule has 1 aromatic rings. The Bertz CT molecular complexity index is 516. The predicted molar refractivity (Wildman–Crippen MR) is 59.3 cm³/mol. The van der Waals surface area contributed by atoms with Gasteiger partial charge < -0.3 is 10.4 Å². The van der Waals surface area contributed by atoms with Crippen LogP contribution in [0.1, 0.15) is 12.1 Å². The molecule has 2 N–H and O–H groups in total. The minimum Gasteiger partial charge on any atom is -0.481 e. The summed E-state index contributed by atoms with van der Waals surface area (Å²) >= 11 is 0. The molecular weight excluding hydrogens is 263 g/mol. The molecule has 8 heteroatoms. The molecule has 0 spiro atoms. The summed E-state index contributed by atoms with van der Waals surface area (Å²) in [5.41, 5.74) is -1.04. The summed E-state index contributed by atoms with van der Waals surface area (Å²) in [4.78, 5) is 17.8. The summed E-state index contributed by atoms with van der Waals surface area (Å²) in [5, 5.41) is 11.5. The third kappa shape index (κ3) is 3.21. The molecule has 0 bridgehead atoms. The highest BCUT2D eigenvalue weighted by Gasteiger charge is 2.33. The normalized spacial score (nSPS) is 22.5. The molecule has 1 aliphatic carbocycles. The number of rotatable bonds is 3. The fourth-order valence-corrected chi connectivity index (χ4v) is 1.74. The van der Waals surface area contributed by atoms with Gasteiger partial charge in [-0.15, -0.1) is 0 Å². The number of hydrogen-bond donors (Lipinski definition) is 2. The van der Waals surface area contributed by atoms with E-state index < -0.39 is 23.8 Å². The maximum Gasteiger partial charge on any atom is 0.433 e. The van der Waals surface area contributed by atoms with Gasteiger partial charge in [0.1, 0.15) is 5.69 Å². The third-order valence-corrected chi connectivity index (χ3v) is 2.66. The second-order valence-corrected chi connectivity index (χ2v) is 4.08. The average Bonchev–Trinajstić information content (AvgIpc) is 2.77. The van der Waals surface area contributed by atoms with Gasteiger partial charge in [-0.2, -0.15) is 13.2 Å². The molecule has 102 valence electrons. The van der Waals surface area contributed by atoms with E-state index in [1.165, 1.54) is 6.08 Å². The van der Waals surface area contributed by atoms with Crippen molar-refractivity contribution in [2.45, 2.75) is 18.6 Å². The lowest BCUT2D eigenvalue weighted by Crippen LogP contribution is -2.21. The molecule has 0 amide bonds. The monoisotopic (exact) mass is 273 g/mol. The fourth-order valence-electron chi connectivity index (χ4n) is 1.74. The first-order valence-corrected chi connectivity index (χ1v) is 5.44. The molecule has 2 unspecified atom stereocenters. The topological polar surface area (TPSA) is 75.1 Å². The molecule has 1 aromatic heterocycles. The number of hydrogen-bond acceptors (Lipinski definition) is 4. The van der Waals surface area contributed by atoms with Crippen LogP contribution in [-0.4, -0.2) is 27.1 Å². The smallest absolute Gasteiger partial charge is 0.433 e. The first-order chi connectivity index (χ1) is 8.86. The maximum atomic E-state index is 12.4. The van der Waals surface area contributed by atoms with Crippen LogP contribution in [0.25, 0.3) is 0 Å². The van der Waals surface area contributed by atoms with Crippen LogP contribution in [0, 0.1) is 5.92 Å². The van der Waals surface area contributed by atoms with Crippen molar-refractivity contribution in [3.05, 3.63) is 30.1 Å². The van der Waals surface area contributed by atoms with Gasteiger partial charge >= 0.3 is 12.1 Å². The van der Waals surface area contributed by atoms with Crippen molar-refractivity contribution in [3.63, 3.8) is 0 Å². The summed E-state index contributed by atoms with van der Waals surface area (Å²) in [6.45, 7) is 0. The standard InChI is InChI=1S/C11H10F3N3O2/c12-11(13,14)8-3-4-15-10(17-8)16-7-2-1-6(5-7)9(18)19/h1-4,6-7H,5H2,(H,18,19)(H,15,16,17). The van der Waals surface area contributed by atoms with Crippen molar-refractivity contribution >= 4 is 11.9 Å². The van der Waals surface area contributed by atoms with Gasteiger partial charge in [0.2, 0.25) is 5.95 Å². The van der Waals surface area contributed by atoms with Gasteiger partial charge in [-0.1, -0.05) is 12.2 Å². The number of nitrogens with zero attached hydrogens (tertiary/aromatic N) is 2. The number of alkyl halides is 3. The quantitative estimate of drug-likeness (QED) is 0.823. The number of halogens is 3. The summed E-state index contributed by atoms with van der Waals surface area (Å²) in [6.07, 6.45) is -0.190. The first kappa shape index (κ1) is 13.3. The van der Waals surface area contributed by atoms with Gasteiger partial charge in [0.15, 0.2) is 0 Å².